The summed E-state index contributed by atoms with van der Waals surface area (Å²) in [5.41, 5.74) is 2.10. The lowest BCUT2D eigenvalue weighted by atomic mass is 10.0. The van der Waals surface area contributed by atoms with Gasteiger partial charge in [-0.3, -0.25) is 0 Å². The van der Waals surface area contributed by atoms with E-state index in [-0.39, 0.29) is 12.6 Å². The highest BCUT2D eigenvalue weighted by Crippen LogP contribution is 2.41. The first-order valence-electron chi connectivity index (χ1n) is 6.83. The molecule has 0 saturated heterocycles. The Labute approximate surface area is 114 Å². The van der Waals surface area contributed by atoms with Gasteiger partial charge < -0.3 is 9.47 Å². The molecule has 1 saturated carbocycles. The van der Waals surface area contributed by atoms with Gasteiger partial charge in [0, 0.05) is 0 Å². The van der Waals surface area contributed by atoms with Gasteiger partial charge in [0.2, 0.25) is 0 Å². The molecule has 0 atom stereocenters. The predicted octanol–water partition coefficient (Wildman–Crippen LogP) is 3.42. The molecular weight excluding hydrogens is 240 g/mol. The van der Waals surface area contributed by atoms with Crippen LogP contribution in [0.1, 0.15) is 50.7 Å². The number of ether oxygens (including phenoxy) is 2. The van der Waals surface area contributed by atoms with Crippen molar-refractivity contribution in [3.63, 3.8) is 0 Å². The molecule has 1 aromatic carbocycles. The minimum absolute atomic E-state index is 0.0102. The largest absolute Gasteiger partial charge is 0.458 e. The van der Waals surface area contributed by atoms with E-state index in [9.17, 15) is 4.79 Å². The fraction of sp³-hybridized carbons (Fsp3) is 0.562. The summed E-state index contributed by atoms with van der Waals surface area (Å²) in [7, 11) is 0. The van der Waals surface area contributed by atoms with Crippen molar-refractivity contribution in [2.45, 2.75) is 51.7 Å². The molecule has 1 aromatic rings. The highest BCUT2D eigenvalue weighted by Gasteiger charge is 2.25. The molecule has 3 heteroatoms. The monoisotopic (exact) mass is 262 g/mol. The van der Waals surface area contributed by atoms with Crippen LogP contribution in [0.25, 0.3) is 0 Å². The zero-order chi connectivity index (χ0) is 13.9. The number of hydrogen-bond acceptors (Lipinski definition) is 3. The second-order valence-corrected chi connectivity index (χ2v) is 6.05. The fourth-order valence-electron chi connectivity index (χ4n) is 2.07. The maximum absolute atomic E-state index is 11.5. The van der Waals surface area contributed by atoms with Crippen LogP contribution in [0.15, 0.2) is 24.3 Å². The van der Waals surface area contributed by atoms with Crippen molar-refractivity contribution in [1.29, 1.82) is 0 Å². The van der Waals surface area contributed by atoms with Crippen molar-refractivity contribution in [2.75, 3.05) is 6.61 Å². The third kappa shape index (κ3) is 4.67. The number of rotatable bonds is 5. The third-order valence-corrected chi connectivity index (χ3v) is 2.97. The minimum atomic E-state index is -0.452. The molecule has 0 radical (unpaired) electrons. The van der Waals surface area contributed by atoms with Gasteiger partial charge in [0.1, 0.15) is 12.2 Å². The molecule has 0 heterocycles. The smallest absolute Gasteiger partial charge is 0.332 e. The van der Waals surface area contributed by atoms with E-state index in [0.717, 1.165) is 0 Å². The topological polar surface area (TPSA) is 35.5 Å². The quantitative estimate of drug-likeness (QED) is 0.763. The average Bonchev–Trinajstić information content (AvgIpc) is 3.11. The molecule has 3 nitrogen and oxygen atoms in total. The Hall–Kier alpha value is -1.35. The first-order valence-corrected chi connectivity index (χ1v) is 6.83. The lowest BCUT2D eigenvalue weighted by Crippen LogP contribution is -2.26. The molecule has 0 aromatic heterocycles. The fourth-order valence-corrected chi connectivity index (χ4v) is 2.07. The molecule has 0 N–H and O–H groups in total. The summed E-state index contributed by atoms with van der Waals surface area (Å²) >= 11 is 0. The third-order valence-electron chi connectivity index (χ3n) is 2.97. The normalized spacial score (nSPS) is 15.3. The van der Waals surface area contributed by atoms with Gasteiger partial charge in [-0.05, 0) is 50.7 Å². The van der Waals surface area contributed by atoms with E-state index in [1.807, 2.05) is 26.8 Å². The number of hydrogen-bond donors (Lipinski definition) is 0. The summed E-state index contributed by atoms with van der Waals surface area (Å²) in [5.74, 6) is 0.387. The second-order valence-electron chi connectivity index (χ2n) is 6.05. The highest BCUT2D eigenvalue weighted by molar-refractivity contribution is 5.71. The van der Waals surface area contributed by atoms with Gasteiger partial charge in [0.25, 0.3) is 0 Å². The van der Waals surface area contributed by atoms with Gasteiger partial charge in [-0.1, -0.05) is 24.3 Å². The van der Waals surface area contributed by atoms with Gasteiger partial charge in [0.15, 0.2) is 0 Å². The van der Waals surface area contributed by atoms with Crippen molar-refractivity contribution in [1.82, 2.24) is 0 Å². The van der Waals surface area contributed by atoms with Crippen LogP contribution in [0.3, 0.4) is 0 Å². The van der Waals surface area contributed by atoms with Gasteiger partial charge >= 0.3 is 5.97 Å². The maximum atomic E-state index is 11.5. The van der Waals surface area contributed by atoms with Crippen LogP contribution in [0, 0.1) is 0 Å². The summed E-state index contributed by atoms with van der Waals surface area (Å²) in [6.07, 6.45) is 2.53. The molecule has 2 rings (SSSR count). The van der Waals surface area contributed by atoms with E-state index in [4.69, 9.17) is 9.47 Å². The molecule has 1 aliphatic carbocycles. The van der Waals surface area contributed by atoms with Crippen LogP contribution >= 0.6 is 0 Å². The zero-order valence-electron chi connectivity index (χ0n) is 11.9. The number of carbonyl (C=O) groups excluding carboxylic acids is 1. The SMILES string of the molecule is CC(C)(C)OC(=O)COCc1ccccc1C1CC1. The van der Waals surface area contributed by atoms with Crippen molar-refractivity contribution in [2.24, 2.45) is 0 Å². The lowest BCUT2D eigenvalue weighted by Gasteiger charge is -2.19. The van der Waals surface area contributed by atoms with E-state index in [1.165, 1.54) is 24.0 Å². The van der Waals surface area contributed by atoms with Crippen LogP contribution in [0.4, 0.5) is 0 Å². The van der Waals surface area contributed by atoms with Gasteiger partial charge in [-0.15, -0.1) is 0 Å². The summed E-state index contributed by atoms with van der Waals surface area (Å²) in [4.78, 5) is 11.5. The molecule has 0 aliphatic heterocycles. The number of esters is 1. The van der Waals surface area contributed by atoms with E-state index in [2.05, 4.69) is 18.2 Å². The summed E-state index contributed by atoms with van der Waals surface area (Å²) in [6.45, 7) is 6.05. The molecule has 104 valence electrons. The molecule has 1 aliphatic rings. The number of benzene rings is 1. The van der Waals surface area contributed by atoms with E-state index in [0.29, 0.717) is 12.5 Å². The van der Waals surface area contributed by atoms with Crippen LogP contribution in [-0.4, -0.2) is 18.2 Å². The lowest BCUT2D eigenvalue weighted by molar-refractivity contribution is -0.160. The summed E-state index contributed by atoms with van der Waals surface area (Å²) in [5, 5.41) is 0. The van der Waals surface area contributed by atoms with Gasteiger partial charge in [0.05, 0.1) is 6.61 Å². The predicted molar refractivity (Wildman–Crippen MR) is 73.9 cm³/mol. The van der Waals surface area contributed by atoms with E-state index >= 15 is 0 Å². The Kier molecular flexibility index (Phi) is 4.25. The number of carbonyl (C=O) groups is 1. The Morgan fingerprint density at radius 1 is 1.26 bits per heavy atom. The summed E-state index contributed by atoms with van der Waals surface area (Å²) in [6, 6.07) is 8.30. The average molecular weight is 262 g/mol. The first-order chi connectivity index (χ1) is 8.96. The van der Waals surface area contributed by atoms with Crippen molar-refractivity contribution in [3.05, 3.63) is 35.4 Å². The van der Waals surface area contributed by atoms with Gasteiger partial charge in [-0.25, -0.2) is 4.79 Å². The van der Waals surface area contributed by atoms with Crippen LogP contribution in [0.5, 0.6) is 0 Å². The van der Waals surface area contributed by atoms with Crippen molar-refractivity contribution < 1.29 is 14.3 Å². The molecule has 0 amide bonds. The van der Waals surface area contributed by atoms with Crippen LogP contribution in [0.2, 0.25) is 0 Å². The standard InChI is InChI=1S/C16H22O3/c1-16(2,3)19-15(17)11-18-10-13-6-4-5-7-14(13)12-8-9-12/h4-7,12H,8-11H2,1-3H3. The second kappa shape index (κ2) is 5.74. The van der Waals surface area contributed by atoms with Gasteiger partial charge in [-0.2, -0.15) is 0 Å². The van der Waals surface area contributed by atoms with E-state index < -0.39 is 5.60 Å². The van der Waals surface area contributed by atoms with E-state index in [1.54, 1.807) is 0 Å². The molecule has 0 bridgehead atoms. The molecular formula is C16H22O3. The zero-order valence-corrected chi connectivity index (χ0v) is 11.9. The van der Waals surface area contributed by atoms with Crippen LogP contribution in [-0.2, 0) is 20.9 Å². The summed E-state index contributed by atoms with van der Waals surface area (Å²) < 4.78 is 10.7. The van der Waals surface area contributed by atoms with Crippen molar-refractivity contribution in [3.8, 4) is 0 Å². The Morgan fingerprint density at radius 2 is 1.95 bits per heavy atom. The highest BCUT2D eigenvalue weighted by atomic mass is 16.6. The minimum Gasteiger partial charge on any atom is -0.458 e. The Balaban J connectivity index is 1.81. The Bertz CT molecular complexity index is 442. The first kappa shape index (κ1) is 14.1. The Morgan fingerprint density at radius 3 is 2.58 bits per heavy atom. The van der Waals surface area contributed by atoms with Crippen LogP contribution < -0.4 is 0 Å². The van der Waals surface area contributed by atoms with Crippen molar-refractivity contribution >= 4 is 5.97 Å². The molecule has 0 spiro atoms. The molecule has 0 unspecified atom stereocenters. The maximum Gasteiger partial charge on any atom is 0.332 e. The molecule has 1 fully saturated rings. The molecule has 19 heavy (non-hydrogen) atoms.